The first-order valence-electron chi connectivity index (χ1n) is 10.9. The van der Waals surface area contributed by atoms with E-state index in [1.807, 2.05) is 44.2 Å². The van der Waals surface area contributed by atoms with Gasteiger partial charge in [-0.25, -0.2) is 0 Å². The van der Waals surface area contributed by atoms with E-state index in [9.17, 15) is 0 Å². The lowest BCUT2D eigenvalue weighted by atomic mass is 10.0. The highest BCUT2D eigenvalue weighted by molar-refractivity contribution is 5.86. The Morgan fingerprint density at radius 3 is 2.96 bits per heavy atom. The monoisotopic (exact) mass is 324 g/mol. The number of nitrogens with zero attached hydrogens (tertiary/aromatic N) is 3. The summed E-state index contributed by atoms with van der Waals surface area (Å²) in [5.74, 6) is 0. The fourth-order valence-electron chi connectivity index (χ4n) is 3.43. The largest absolute Gasteiger partial charge is 0.344 e. The molecule has 24 heavy (non-hydrogen) atoms. The van der Waals surface area contributed by atoms with Gasteiger partial charge in [-0.2, -0.15) is 0 Å². The van der Waals surface area contributed by atoms with Gasteiger partial charge >= 0.3 is 0 Å². The predicted octanol–water partition coefficient (Wildman–Crippen LogP) is 3.88. The van der Waals surface area contributed by atoms with Gasteiger partial charge in [0.1, 0.15) is 0 Å². The van der Waals surface area contributed by atoms with Gasteiger partial charge in [0.2, 0.25) is 0 Å². The number of aryl methyl sites for hydroxylation is 4. The third-order valence-corrected chi connectivity index (χ3v) is 4.72. The standard InChI is InChI=1S/C21H25N3/c1-15-4-7-20-18(12-15)19-14-23(3)10-9-21(19)24(20)11-8-17-6-5-16(2)22-13-17/h4-7,12-13H,8-11,14H2,1-3H3/i3D3,11D2. The zero-order valence-electron chi connectivity index (χ0n) is 19.1. The van der Waals surface area contributed by atoms with Gasteiger partial charge in [0.15, 0.2) is 0 Å². The second-order valence-corrected chi connectivity index (χ2v) is 6.60. The Hall–Kier alpha value is -2.13. The summed E-state index contributed by atoms with van der Waals surface area (Å²) in [7, 11) is 0. The molecule has 3 nitrogen and oxygen atoms in total. The molecule has 4 rings (SSSR count). The average molecular weight is 324 g/mol. The van der Waals surface area contributed by atoms with Crippen molar-refractivity contribution in [3.05, 3.63) is 64.6 Å². The van der Waals surface area contributed by atoms with E-state index in [2.05, 4.69) is 4.98 Å². The van der Waals surface area contributed by atoms with Crippen molar-refractivity contribution in [2.75, 3.05) is 13.5 Å². The van der Waals surface area contributed by atoms with Crippen LogP contribution >= 0.6 is 0 Å². The number of benzene rings is 1. The molecule has 0 unspecified atom stereocenters. The molecule has 1 aromatic carbocycles. The van der Waals surface area contributed by atoms with E-state index in [0.717, 1.165) is 39.0 Å². The Bertz CT molecular complexity index is 1050. The molecule has 0 N–H and O–H groups in total. The first kappa shape index (κ1) is 10.7. The van der Waals surface area contributed by atoms with Crippen LogP contribution in [0.2, 0.25) is 0 Å². The maximum atomic E-state index is 8.90. The smallest absolute Gasteiger partial charge is 0.0501 e. The summed E-state index contributed by atoms with van der Waals surface area (Å²) in [5, 5.41) is 0.944. The summed E-state index contributed by atoms with van der Waals surface area (Å²) >= 11 is 0. The van der Waals surface area contributed by atoms with Crippen molar-refractivity contribution in [1.29, 1.82) is 0 Å². The minimum absolute atomic E-state index is 0.202. The van der Waals surface area contributed by atoms with Gasteiger partial charge in [-0.05, 0) is 56.6 Å². The molecule has 0 bridgehead atoms. The van der Waals surface area contributed by atoms with Crippen LogP contribution in [-0.2, 0) is 25.9 Å². The van der Waals surface area contributed by atoms with Crippen molar-refractivity contribution < 1.29 is 6.85 Å². The van der Waals surface area contributed by atoms with Crippen LogP contribution in [0.4, 0.5) is 0 Å². The normalized spacial score (nSPS) is 19.2. The molecule has 0 saturated heterocycles. The molecule has 3 heterocycles. The molecule has 2 aromatic heterocycles. The SMILES string of the molecule is [2H]C([2H])([2H])N1CCc2c(c3cc(C)ccc3n2C([2H])([2H])Cc2ccc(C)nc2)C1. The molecule has 1 aliphatic heterocycles. The molecule has 0 spiro atoms. The van der Waals surface area contributed by atoms with Crippen LogP contribution in [-0.4, -0.2) is 28.0 Å². The quantitative estimate of drug-likeness (QED) is 0.729. The Morgan fingerprint density at radius 2 is 2.17 bits per heavy atom. The fraction of sp³-hybridized carbons (Fsp3) is 0.381. The number of rotatable bonds is 3. The Balaban J connectivity index is 1.83. The van der Waals surface area contributed by atoms with Gasteiger partial charge < -0.3 is 9.47 Å². The molecule has 0 aliphatic carbocycles. The van der Waals surface area contributed by atoms with Crippen LogP contribution in [0.25, 0.3) is 10.9 Å². The highest BCUT2D eigenvalue weighted by Gasteiger charge is 2.22. The third-order valence-electron chi connectivity index (χ3n) is 4.72. The van der Waals surface area contributed by atoms with Crippen LogP contribution < -0.4 is 0 Å². The highest BCUT2D eigenvalue weighted by atomic mass is 15.1. The summed E-state index contributed by atoms with van der Waals surface area (Å²) in [6.45, 7) is 0.804. The van der Waals surface area contributed by atoms with Crippen LogP contribution in [0.5, 0.6) is 0 Å². The van der Waals surface area contributed by atoms with Crippen molar-refractivity contribution in [3.8, 4) is 0 Å². The van der Waals surface area contributed by atoms with Crippen molar-refractivity contribution in [2.24, 2.45) is 0 Å². The fourth-order valence-corrected chi connectivity index (χ4v) is 3.43. The van der Waals surface area contributed by atoms with E-state index < -0.39 is 13.5 Å². The van der Waals surface area contributed by atoms with Gasteiger partial charge in [-0.3, -0.25) is 4.98 Å². The van der Waals surface area contributed by atoms with Crippen LogP contribution in [0, 0.1) is 13.8 Å². The number of likely N-dealkylation sites (N-methyl/N-ethyl adjacent to an activating group) is 1. The lowest BCUT2D eigenvalue weighted by Crippen LogP contribution is -2.27. The molecule has 124 valence electrons. The van der Waals surface area contributed by atoms with E-state index >= 15 is 0 Å². The topological polar surface area (TPSA) is 21.1 Å². The zero-order valence-corrected chi connectivity index (χ0v) is 14.1. The number of fused-ring (bicyclic) bond motifs is 3. The molecule has 0 radical (unpaired) electrons. The minimum atomic E-state index is -2.15. The van der Waals surface area contributed by atoms with Crippen molar-refractivity contribution >= 4 is 10.9 Å². The van der Waals surface area contributed by atoms with Crippen LogP contribution in [0.1, 0.15) is 34.9 Å². The lowest BCUT2D eigenvalue weighted by Gasteiger charge is -2.24. The maximum absolute atomic E-state index is 8.90. The van der Waals surface area contributed by atoms with Crippen LogP contribution in [0.15, 0.2) is 36.5 Å². The molecule has 3 aromatic rings. The Labute approximate surface area is 151 Å². The first-order valence-corrected chi connectivity index (χ1v) is 8.36. The summed E-state index contributed by atoms with van der Waals surface area (Å²) < 4.78 is 42.9. The minimum Gasteiger partial charge on any atom is -0.344 e. The molecular formula is C21H25N3. The molecule has 0 fully saturated rings. The van der Waals surface area contributed by atoms with E-state index in [1.54, 1.807) is 10.8 Å². The van der Waals surface area contributed by atoms with Gasteiger partial charge in [-0.15, -0.1) is 0 Å². The lowest BCUT2D eigenvalue weighted by molar-refractivity contribution is 0.309. The van der Waals surface area contributed by atoms with Gasteiger partial charge in [0.05, 0.1) is 2.74 Å². The number of hydrogen-bond donors (Lipinski definition) is 0. The van der Waals surface area contributed by atoms with Crippen LogP contribution in [0.3, 0.4) is 0 Å². The van der Waals surface area contributed by atoms with E-state index in [0.29, 0.717) is 19.5 Å². The number of hydrogen-bond acceptors (Lipinski definition) is 2. The van der Waals surface area contributed by atoms with E-state index in [1.165, 1.54) is 4.90 Å². The molecule has 0 saturated carbocycles. The van der Waals surface area contributed by atoms with Gasteiger partial charge in [0, 0.05) is 58.6 Å². The average Bonchev–Trinajstić information content (AvgIpc) is 2.96. The van der Waals surface area contributed by atoms with Crippen molar-refractivity contribution in [1.82, 2.24) is 14.5 Å². The summed E-state index contributed by atoms with van der Waals surface area (Å²) in [5.41, 5.74) is 5.46. The Morgan fingerprint density at radius 1 is 1.25 bits per heavy atom. The van der Waals surface area contributed by atoms with Gasteiger partial charge in [-0.1, -0.05) is 17.7 Å². The van der Waals surface area contributed by atoms with E-state index in [4.69, 9.17) is 6.85 Å². The summed E-state index contributed by atoms with van der Waals surface area (Å²) in [6, 6.07) is 9.78. The molecule has 0 amide bonds. The molecule has 1 aliphatic rings. The maximum Gasteiger partial charge on any atom is 0.0501 e. The molecular weight excluding hydrogens is 294 g/mol. The number of aromatic nitrogens is 2. The second kappa shape index (κ2) is 6.06. The molecule has 3 heteroatoms. The van der Waals surface area contributed by atoms with Crippen molar-refractivity contribution in [2.45, 2.75) is 39.7 Å². The second-order valence-electron chi connectivity index (χ2n) is 6.60. The van der Waals surface area contributed by atoms with E-state index in [-0.39, 0.29) is 6.42 Å². The highest BCUT2D eigenvalue weighted by Crippen LogP contribution is 2.31. The molecule has 0 atom stereocenters. The zero-order chi connectivity index (χ0) is 21.0. The Kier molecular flexibility index (Phi) is 2.70. The first-order chi connectivity index (χ1) is 13.6. The summed E-state index contributed by atoms with van der Waals surface area (Å²) in [6.07, 6.45) is 2.44. The third kappa shape index (κ3) is 2.73. The number of pyridine rings is 1. The predicted molar refractivity (Wildman–Crippen MR) is 99.4 cm³/mol. The van der Waals surface area contributed by atoms with Gasteiger partial charge in [0.25, 0.3) is 0 Å². The van der Waals surface area contributed by atoms with Crippen molar-refractivity contribution in [3.63, 3.8) is 0 Å². The summed E-state index contributed by atoms with van der Waals surface area (Å²) in [4.78, 5) is 5.80.